The van der Waals surface area contributed by atoms with E-state index in [0.29, 0.717) is 18.5 Å². The van der Waals surface area contributed by atoms with E-state index in [-0.39, 0.29) is 12.0 Å². The van der Waals surface area contributed by atoms with E-state index >= 15 is 0 Å². The van der Waals surface area contributed by atoms with Gasteiger partial charge in [0.1, 0.15) is 0 Å². The number of hydrogen-bond donors (Lipinski definition) is 2. The van der Waals surface area contributed by atoms with Gasteiger partial charge in [0.25, 0.3) is 0 Å². The van der Waals surface area contributed by atoms with Crippen molar-refractivity contribution in [2.45, 2.75) is 70.6 Å². The highest BCUT2D eigenvalue weighted by Gasteiger charge is 2.21. The van der Waals surface area contributed by atoms with Gasteiger partial charge >= 0.3 is 0 Å². The molecule has 1 rings (SSSR count). The molecule has 0 bridgehead atoms. The average Bonchev–Trinajstić information content (AvgIpc) is 2.38. The van der Waals surface area contributed by atoms with Crippen LogP contribution in [0.15, 0.2) is 0 Å². The summed E-state index contributed by atoms with van der Waals surface area (Å²) in [6.45, 7) is 5.18. The summed E-state index contributed by atoms with van der Waals surface area (Å²) in [4.78, 5) is 11.8. The molecule has 1 aliphatic rings. The van der Waals surface area contributed by atoms with E-state index in [1.165, 1.54) is 12.8 Å². The lowest BCUT2D eigenvalue weighted by Gasteiger charge is -2.29. The molecule has 1 saturated carbocycles. The lowest BCUT2D eigenvalue weighted by atomic mass is 9.91. The van der Waals surface area contributed by atoms with Crippen molar-refractivity contribution in [2.75, 3.05) is 13.7 Å². The molecule has 0 saturated heterocycles. The minimum Gasteiger partial charge on any atom is -0.382 e. The van der Waals surface area contributed by atoms with Gasteiger partial charge in [-0.25, -0.2) is 0 Å². The lowest BCUT2D eigenvalue weighted by molar-refractivity contribution is -0.122. The van der Waals surface area contributed by atoms with Gasteiger partial charge in [0, 0.05) is 25.6 Å². The van der Waals surface area contributed by atoms with E-state index in [1.807, 2.05) is 6.92 Å². The maximum Gasteiger partial charge on any atom is 0.220 e. The summed E-state index contributed by atoms with van der Waals surface area (Å²) in [5.74, 6) is 0.172. The second-order valence-electron chi connectivity index (χ2n) is 5.26. The first-order chi connectivity index (χ1) is 8.65. The maximum atomic E-state index is 11.8. The van der Waals surface area contributed by atoms with Crippen molar-refractivity contribution in [2.24, 2.45) is 0 Å². The van der Waals surface area contributed by atoms with Crippen molar-refractivity contribution >= 4 is 5.91 Å². The number of rotatable bonds is 7. The van der Waals surface area contributed by atoms with Gasteiger partial charge in [0.15, 0.2) is 0 Å². The molecule has 4 heteroatoms. The highest BCUT2D eigenvalue weighted by Crippen LogP contribution is 2.18. The minimum absolute atomic E-state index is 0.167. The molecular formula is C14H28N2O2. The Hall–Kier alpha value is -0.610. The molecule has 1 aliphatic carbocycles. The van der Waals surface area contributed by atoms with Crippen LogP contribution in [0.5, 0.6) is 0 Å². The summed E-state index contributed by atoms with van der Waals surface area (Å²) in [5, 5.41) is 6.62. The third kappa shape index (κ3) is 5.83. The third-order valence-electron chi connectivity index (χ3n) is 3.77. The molecule has 1 fully saturated rings. The van der Waals surface area contributed by atoms with Crippen LogP contribution in [-0.4, -0.2) is 37.7 Å². The molecule has 0 heterocycles. The Morgan fingerprint density at radius 1 is 1.28 bits per heavy atom. The van der Waals surface area contributed by atoms with Crippen molar-refractivity contribution in [3.8, 4) is 0 Å². The Morgan fingerprint density at radius 2 is 1.89 bits per heavy atom. The summed E-state index contributed by atoms with van der Waals surface area (Å²) < 4.78 is 5.14. The number of ether oxygens (including phenoxy) is 1. The predicted octanol–water partition coefficient (Wildman–Crippen LogP) is 1.84. The Bertz CT molecular complexity index is 238. The minimum atomic E-state index is 0.167. The molecule has 106 valence electrons. The van der Waals surface area contributed by atoms with Crippen LogP contribution in [0.1, 0.15) is 52.4 Å². The van der Waals surface area contributed by atoms with Gasteiger partial charge in [-0.1, -0.05) is 6.92 Å². The molecule has 0 aliphatic heterocycles. The summed E-state index contributed by atoms with van der Waals surface area (Å²) in [7, 11) is 1.69. The fourth-order valence-corrected chi connectivity index (χ4v) is 2.48. The summed E-state index contributed by atoms with van der Waals surface area (Å²) >= 11 is 0. The van der Waals surface area contributed by atoms with Crippen LogP contribution in [0, 0.1) is 0 Å². The number of nitrogens with one attached hydrogen (secondary N) is 2. The Morgan fingerprint density at radius 3 is 2.44 bits per heavy atom. The van der Waals surface area contributed by atoms with Gasteiger partial charge in [0.05, 0.1) is 6.10 Å². The molecule has 2 N–H and O–H groups in total. The fraction of sp³-hybridized carbons (Fsp3) is 0.929. The second kappa shape index (κ2) is 8.48. The number of amides is 1. The van der Waals surface area contributed by atoms with E-state index < -0.39 is 0 Å². The van der Waals surface area contributed by atoms with Crippen molar-refractivity contribution in [1.82, 2.24) is 10.6 Å². The van der Waals surface area contributed by atoms with Gasteiger partial charge < -0.3 is 15.4 Å². The molecular weight excluding hydrogens is 228 g/mol. The van der Waals surface area contributed by atoms with Crippen molar-refractivity contribution in [3.63, 3.8) is 0 Å². The van der Waals surface area contributed by atoms with E-state index in [1.54, 1.807) is 7.11 Å². The zero-order valence-corrected chi connectivity index (χ0v) is 12.0. The van der Waals surface area contributed by atoms with Gasteiger partial charge in [-0.15, -0.1) is 0 Å². The third-order valence-corrected chi connectivity index (χ3v) is 3.77. The number of carbonyl (C=O) groups excluding carboxylic acids is 1. The Kier molecular flexibility index (Phi) is 7.28. The number of hydrogen-bond acceptors (Lipinski definition) is 3. The second-order valence-corrected chi connectivity index (χ2v) is 5.26. The van der Waals surface area contributed by atoms with Gasteiger partial charge in [-0.3, -0.25) is 4.79 Å². The maximum absolute atomic E-state index is 11.8. The highest BCUT2D eigenvalue weighted by atomic mass is 16.5. The van der Waals surface area contributed by atoms with E-state index in [0.717, 1.165) is 25.8 Å². The topological polar surface area (TPSA) is 50.4 Å². The first-order valence-corrected chi connectivity index (χ1v) is 7.21. The van der Waals surface area contributed by atoms with Gasteiger partial charge in [-0.2, -0.15) is 0 Å². The summed E-state index contributed by atoms with van der Waals surface area (Å²) in [6, 6.07) is 1.03. The normalized spacial score (nSPS) is 25.7. The predicted molar refractivity (Wildman–Crippen MR) is 73.6 cm³/mol. The molecule has 18 heavy (non-hydrogen) atoms. The van der Waals surface area contributed by atoms with Crippen LogP contribution in [0.2, 0.25) is 0 Å². The van der Waals surface area contributed by atoms with Gasteiger partial charge in [0.2, 0.25) is 5.91 Å². The van der Waals surface area contributed by atoms with Crippen LogP contribution in [-0.2, 0) is 9.53 Å². The monoisotopic (exact) mass is 256 g/mol. The lowest BCUT2D eigenvalue weighted by Crippen LogP contribution is -2.42. The van der Waals surface area contributed by atoms with Gasteiger partial charge in [-0.05, 0) is 45.6 Å². The zero-order valence-electron chi connectivity index (χ0n) is 12.0. The quantitative estimate of drug-likeness (QED) is 0.731. The Labute approximate surface area is 111 Å². The van der Waals surface area contributed by atoms with Crippen molar-refractivity contribution in [3.05, 3.63) is 0 Å². The molecule has 0 aromatic carbocycles. The van der Waals surface area contributed by atoms with Crippen LogP contribution >= 0.6 is 0 Å². The summed E-state index contributed by atoms with van der Waals surface area (Å²) in [6.07, 6.45) is 6.09. The largest absolute Gasteiger partial charge is 0.382 e. The highest BCUT2D eigenvalue weighted by molar-refractivity contribution is 5.76. The zero-order chi connectivity index (χ0) is 13.4. The summed E-state index contributed by atoms with van der Waals surface area (Å²) in [5.41, 5.74) is 0. The molecule has 0 radical (unpaired) electrons. The smallest absolute Gasteiger partial charge is 0.220 e. The molecule has 1 atom stereocenters. The first-order valence-electron chi connectivity index (χ1n) is 7.21. The fourth-order valence-electron chi connectivity index (χ4n) is 2.48. The molecule has 0 aromatic heterocycles. The van der Waals surface area contributed by atoms with E-state index in [9.17, 15) is 4.79 Å². The molecule has 0 aromatic rings. The standard InChI is InChI=1S/C14H28N2O2/c1-4-15-12-6-8-13(9-7-12)16-14(17)10-5-11(2)18-3/h11-13,15H,4-10H2,1-3H3,(H,16,17). The molecule has 1 unspecified atom stereocenters. The molecule has 4 nitrogen and oxygen atoms in total. The van der Waals surface area contributed by atoms with Crippen molar-refractivity contribution in [1.29, 1.82) is 0 Å². The van der Waals surface area contributed by atoms with E-state index in [4.69, 9.17) is 4.74 Å². The van der Waals surface area contributed by atoms with Crippen LogP contribution in [0.3, 0.4) is 0 Å². The SMILES string of the molecule is CCNC1CCC(NC(=O)CCC(C)OC)CC1. The Balaban J connectivity index is 2.14. The number of carbonyl (C=O) groups is 1. The van der Waals surface area contributed by atoms with E-state index in [2.05, 4.69) is 17.6 Å². The van der Waals surface area contributed by atoms with Crippen molar-refractivity contribution < 1.29 is 9.53 Å². The van der Waals surface area contributed by atoms with Crippen LogP contribution in [0.25, 0.3) is 0 Å². The number of methoxy groups -OCH3 is 1. The van der Waals surface area contributed by atoms with Crippen LogP contribution < -0.4 is 10.6 Å². The molecule has 0 spiro atoms. The molecule has 1 amide bonds. The van der Waals surface area contributed by atoms with Crippen LogP contribution in [0.4, 0.5) is 0 Å². The first kappa shape index (κ1) is 15.4. The average molecular weight is 256 g/mol.